The van der Waals surface area contributed by atoms with E-state index in [2.05, 4.69) is 15.5 Å². The lowest BCUT2D eigenvalue weighted by Crippen LogP contribution is -2.23. The van der Waals surface area contributed by atoms with Gasteiger partial charge < -0.3 is 10.1 Å². The molecule has 1 N–H and O–H groups in total. The molecular formula is C20H13F3N4O2S. The van der Waals surface area contributed by atoms with Gasteiger partial charge >= 0.3 is 6.18 Å². The number of aromatic nitrogens is 3. The second-order valence-corrected chi connectivity index (χ2v) is 7.74. The number of para-hydroxylation sites is 1. The molecule has 1 amide bonds. The lowest BCUT2D eigenvalue weighted by molar-refractivity contribution is -0.137. The average molecular weight is 430 g/mol. The van der Waals surface area contributed by atoms with E-state index in [-0.39, 0.29) is 23.9 Å². The van der Waals surface area contributed by atoms with Gasteiger partial charge in [0, 0.05) is 22.2 Å². The number of rotatable bonds is 3. The van der Waals surface area contributed by atoms with Crippen LogP contribution in [0.25, 0.3) is 16.1 Å². The number of carbonyl (C=O) groups is 1. The van der Waals surface area contributed by atoms with E-state index >= 15 is 0 Å². The summed E-state index contributed by atoms with van der Waals surface area (Å²) in [5.41, 5.74) is 1.32. The fourth-order valence-electron chi connectivity index (χ4n) is 3.28. The average Bonchev–Trinajstić information content (AvgIpc) is 3.35. The van der Waals surface area contributed by atoms with Crippen LogP contribution < -0.4 is 10.1 Å². The Bertz CT molecular complexity index is 1280. The number of benzene rings is 1. The van der Waals surface area contributed by atoms with Crippen molar-refractivity contribution in [3.63, 3.8) is 0 Å². The molecule has 6 nitrogen and oxygen atoms in total. The third-order valence-electron chi connectivity index (χ3n) is 4.75. The number of amides is 1. The Morgan fingerprint density at radius 2 is 2.03 bits per heavy atom. The number of hydrogen-bond acceptors (Lipinski definition) is 5. The van der Waals surface area contributed by atoms with Crippen LogP contribution in [0.3, 0.4) is 0 Å². The summed E-state index contributed by atoms with van der Waals surface area (Å²) in [6, 6.07) is 11.6. The molecule has 0 radical (unpaired) electrons. The van der Waals surface area contributed by atoms with Gasteiger partial charge in [-0.2, -0.15) is 13.2 Å². The van der Waals surface area contributed by atoms with Crippen molar-refractivity contribution in [3.05, 3.63) is 70.5 Å². The summed E-state index contributed by atoms with van der Waals surface area (Å²) >= 11 is 1.35. The molecular weight excluding hydrogens is 417 g/mol. The number of halogens is 3. The smallest absolute Gasteiger partial charge is 0.417 e. The third kappa shape index (κ3) is 3.18. The SMILES string of the molecule is O=C(NCc1nnc2ccc(C(F)(F)F)cn12)c1cc2c(s1)-c1ccccc1OC2. The molecule has 5 rings (SSSR count). The minimum atomic E-state index is -4.48. The number of carbonyl (C=O) groups excluding carboxylic acids is 1. The number of thiophene rings is 1. The Morgan fingerprint density at radius 1 is 1.20 bits per heavy atom. The molecule has 1 aliphatic rings. The lowest BCUT2D eigenvalue weighted by Gasteiger charge is -2.16. The van der Waals surface area contributed by atoms with E-state index in [0.717, 1.165) is 34.0 Å². The number of ether oxygens (including phenoxy) is 1. The van der Waals surface area contributed by atoms with Crippen LogP contribution in [0.4, 0.5) is 13.2 Å². The van der Waals surface area contributed by atoms with Crippen molar-refractivity contribution in [2.24, 2.45) is 0 Å². The first-order valence-electron chi connectivity index (χ1n) is 8.94. The minimum Gasteiger partial charge on any atom is -0.488 e. The zero-order valence-corrected chi connectivity index (χ0v) is 16.0. The van der Waals surface area contributed by atoms with Crippen molar-refractivity contribution in [2.75, 3.05) is 0 Å². The van der Waals surface area contributed by atoms with E-state index < -0.39 is 11.7 Å². The van der Waals surface area contributed by atoms with Crippen molar-refractivity contribution in [3.8, 4) is 16.2 Å². The van der Waals surface area contributed by atoms with Crippen molar-refractivity contribution in [1.29, 1.82) is 0 Å². The maximum absolute atomic E-state index is 13.0. The molecule has 0 bridgehead atoms. The van der Waals surface area contributed by atoms with Gasteiger partial charge in [0.25, 0.3) is 5.91 Å². The van der Waals surface area contributed by atoms with Gasteiger partial charge in [0.2, 0.25) is 0 Å². The number of nitrogens with one attached hydrogen (secondary N) is 1. The van der Waals surface area contributed by atoms with Crippen LogP contribution >= 0.6 is 11.3 Å². The number of alkyl halides is 3. The Balaban J connectivity index is 1.37. The van der Waals surface area contributed by atoms with E-state index in [9.17, 15) is 18.0 Å². The summed E-state index contributed by atoms with van der Waals surface area (Å²) in [5.74, 6) is 0.643. The van der Waals surface area contributed by atoms with Crippen LogP contribution in [0.1, 0.15) is 26.6 Å². The summed E-state index contributed by atoms with van der Waals surface area (Å²) in [7, 11) is 0. The number of hydrogen-bond donors (Lipinski definition) is 1. The van der Waals surface area contributed by atoms with E-state index in [1.807, 2.05) is 24.3 Å². The fraction of sp³-hybridized carbons (Fsp3) is 0.150. The monoisotopic (exact) mass is 430 g/mol. The van der Waals surface area contributed by atoms with Crippen molar-refractivity contribution >= 4 is 22.9 Å². The highest BCUT2D eigenvalue weighted by Gasteiger charge is 2.31. The highest BCUT2D eigenvalue weighted by molar-refractivity contribution is 7.17. The van der Waals surface area contributed by atoms with Crippen LogP contribution in [-0.2, 0) is 19.3 Å². The van der Waals surface area contributed by atoms with Gasteiger partial charge in [-0.15, -0.1) is 21.5 Å². The Kier molecular flexibility index (Phi) is 4.24. The van der Waals surface area contributed by atoms with Crippen molar-refractivity contribution in [2.45, 2.75) is 19.3 Å². The highest BCUT2D eigenvalue weighted by Crippen LogP contribution is 2.42. The maximum Gasteiger partial charge on any atom is 0.417 e. The van der Waals surface area contributed by atoms with Crippen LogP contribution in [0.5, 0.6) is 5.75 Å². The molecule has 0 spiro atoms. The van der Waals surface area contributed by atoms with E-state index in [4.69, 9.17) is 4.74 Å². The molecule has 152 valence electrons. The molecule has 3 aromatic heterocycles. The Labute approximate surface area is 171 Å². The van der Waals surface area contributed by atoms with E-state index in [1.165, 1.54) is 21.8 Å². The van der Waals surface area contributed by atoms with Crippen LogP contribution in [0, 0.1) is 0 Å². The molecule has 0 unspecified atom stereocenters. The van der Waals surface area contributed by atoms with Crippen LogP contribution in [0.15, 0.2) is 48.7 Å². The molecule has 30 heavy (non-hydrogen) atoms. The van der Waals surface area contributed by atoms with Crippen LogP contribution in [0.2, 0.25) is 0 Å². The minimum absolute atomic E-state index is 0.0586. The molecule has 0 aliphatic carbocycles. The van der Waals surface area contributed by atoms with Crippen LogP contribution in [-0.4, -0.2) is 20.5 Å². The number of nitrogens with zero attached hydrogens (tertiary/aromatic N) is 3. The van der Waals surface area contributed by atoms with Gasteiger partial charge in [-0.3, -0.25) is 9.20 Å². The van der Waals surface area contributed by atoms with Crippen molar-refractivity contribution in [1.82, 2.24) is 19.9 Å². The Hall–Kier alpha value is -3.40. The lowest BCUT2D eigenvalue weighted by atomic mass is 10.1. The molecule has 4 heterocycles. The molecule has 0 saturated heterocycles. The highest BCUT2D eigenvalue weighted by atomic mass is 32.1. The summed E-state index contributed by atoms with van der Waals surface area (Å²) in [5, 5.41) is 10.5. The summed E-state index contributed by atoms with van der Waals surface area (Å²) < 4.78 is 45.9. The molecule has 0 fully saturated rings. The molecule has 10 heteroatoms. The first kappa shape index (κ1) is 18.6. The summed E-state index contributed by atoms with van der Waals surface area (Å²) in [4.78, 5) is 14.1. The van der Waals surface area contributed by atoms with Gasteiger partial charge in [0.1, 0.15) is 12.4 Å². The third-order valence-corrected chi connectivity index (χ3v) is 5.96. The number of pyridine rings is 1. The first-order valence-corrected chi connectivity index (χ1v) is 9.76. The summed E-state index contributed by atoms with van der Waals surface area (Å²) in [6.07, 6.45) is -3.55. The normalized spacial score (nSPS) is 12.9. The molecule has 0 atom stereocenters. The van der Waals surface area contributed by atoms with Gasteiger partial charge in [-0.05, 0) is 30.3 Å². The second-order valence-electron chi connectivity index (χ2n) is 6.69. The molecule has 4 aromatic rings. The second kappa shape index (κ2) is 6.84. The first-order chi connectivity index (χ1) is 14.4. The predicted molar refractivity (Wildman–Crippen MR) is 103 cm³/mol. The maximum atomic E-state index is 13.0. The zero-order chi connectivity index (χ0) is 20.9. The topological polar surface area (TPSA) is 68.5 Å². The number of fused-ring (bicyclic) bond motifs is 4. The van der Waals surface area contributed by atoms with Gasteiger partial charge in [-0.25, -0.2) is 0 Å². The Morgan fingerprint density at radius 3 is 2.87 bits per heavy atom. The van der Waals surface area contributed by atoms with E-state index in [0.29, 0.717) is 11.5 Å². The predicted octanol–water partition coefficient (Wildman–Crippen LogP) is 4.30. The molecule has 1 aliphatic heterocycles. The van der Waals surface area contributed by atoms with Gasteiger partial charge in [-0.1, -0.05) is 12.1 Å². The fourth-order valence-corrected chi connectivity index (χ4v) is 4.40. The molecule has 0 saturated carbocycles. The summed E-state index contributed by atoms with van der Waals surface area (Å²) in [6.45, 7) is 0.322. The zero-order valence-electron chi connectivity index (χ0n) is 15.2. The van der Waals surface area contributed by atoms with E-state index in [1.54, 1.807) is 6.07 Å². The standard InChI is InChI=1S/C20H13F3N4O2S/c21-20(22,23)12-5-6-16-25-26-17(27(16)9-12)8-24-19(28)15-7-11-10-29-14-4-2-1-3-13(14)18(11)30-15/h1-7,9H,8,10H2,(H,24,28). The van der Waals surface area contributed by atoms with Gasteiger partial charge in [0.05, 0.1) is 17.0 Å². The molecule has 1 aromatic carbocycles. The van der Waals surface area contributed by atoms with Crippen molar-refractivity contribution < 1.29 is 22.7 Å². The largest absolute Gasteiger partial charge is 0.488 e. The quantitative estimate of drug-likeness (QED) is 0.526. The van der Waals surface area contributed by atoms with Gasteiger partial charge in [0.15, 0.2) is 11.5 Å².